The Bertz CT molecular complexity index is 888. The number of H-pyrrole nitrogens is 1. The molecule has 2 heterocycles. The van der Waals surface area contributed by atoms with Gasteiger partial charge in [-0.1, -0.05) is 32.0 Å². The number of fused-ring (bicyclic) bond motifs is 1. The molecule has 132 valence electrons. The number of amides is 1. The molecule has 2 aromatic heterocycles. The van der Waals surface area contributed by atoms with Crippen molar-refractivity contribution in [2.24, 2.45) is 5.92 Å². The number of aryl methyl sites for hydroxylation is 2. The standard InChI is InChI=1S/C20H26N4O/c1-5-24-17-9-7-6-8-15(17)14(4)20(24)16-12-18(23-22-16)21-19(25)11-10-13(2)3/h6-9,12-13H,5,10-11H2,1-4H3,(H2,21,22,23,25). The molecule has 0 fully saturated rings. The van der Waals surface area contributed by atoms with Gasteiger partial charge in [0, 0.05) is 29.9 Å². The summed E-state index contributed by atoms with van der Waals surface area (Å²) in [5.74, 6) is 1.11. The van der Waals surface area contributed by atoms with Crippen molar-refractivity contribution in [3.8, 4) is 11.4 Å². The topological polar surface area (TPSA) is 62.7 Å². The van der Waals surface area contributed by atoms with Crippen LogP contribution in [0.2, 0.25) is 0 Å². The second-order valence-electron chi connectivity index (χ2n) is 6.88. The Morgan fingerprint density at radius 2 is 2.08 bits per heavy atom. The summed E-state index contributed by atoms with van der Waals surface area (Å²) in [6.45, 7) is 9.38. The fourth-order valence-corrected chi connectivity index (χ4v) is 3.28. The van der Waals surface area contributed by atoms with Crippen molar-refractivity contribution in [3.63, 3.8) is 0 Å². The first kappa shape index (κ1) is 17.3. The predicted molar refractivity (Wildman–Crippen MR) is 103 cm³/mol. The Balaban J connectivity index is 1.89. The number of para-hydroxylation sites is 1. The monoisotopic (exact) mass is 338 g/mol. The minimum absolute atomic E-state index is 0.0134. The highest BCUT2D eigenvalue weighted by molar-refractivity contribution is 5.93. The van der Waals surface area contributed by atoms with E-state index in [-0.39, 0.29) is 5.91 Å². The number of hydrogen-bond donors (Lipinski definition) is 2. The molecule has 0 spiro atoms. The third-order valence-electron chi connectivity index (χ3n) is 4.59. The first-order valence-corrected chi connectivity index (χ1v) is 8.94. The van der Waals surface area contributed by atoms with Gasteiger partial charge in [0.2, 0.25) is 5.91 Å². The summed E-state index contributed by atoms with van der Waals surface area (Å²) < 4.78 is 2.28. The first-order valence-electron chi connectivity index (χ1n) is 8.94. The highest BCUT2D eigenvalue weighted by Gasteiger charge is 2.17. The van der Waals surface area contributed by atoms with Gasteiger partial charge in [-0.2, -0.15) is 5.10 Å². The fourth-order valence-electron chi connectivity index (χ4n) is 3.28. The second-order valence-corrected chi connectivity index (χ2v) is 6.88. The molecule has 25 heavy (non-hydrogen) atoms. The van der Waals surface area contributed by atoms with Crippen molar-refractivity contribution in [1.29, 1.82) is 0 Å². The number of carbonyl (C=O) groups is 1. The van der Waals surface area contributed by atoms with Gasteiger partial charge >= 0.3 is 0 Å². The van der Waals surface area contributed by atoms with Crippen molar-refractivity contribution in [3.05, 3.63) is 35.9 Å². The van der Waals surface area contributed by atoms with Crippen molar-refractivity contribution < 1.29 is 4.79 Å². The molecule has 0 aliphatic carbocycles. The number of rotatable bonds is 6. The van der Waals surface area contributed by atoms with Crippen LogP contribution in [0.25, 0.3) is 22.3 Å². The molecule has 0 radical (unpaired) electrons. The predicted octanol–water partition coefficient (Wildman–Crippen LogP) is 4.73. The quantitative estimate of drug-likeness (QED) is 0.682. The lowest BCUT2D eigenvalue weighted by molar-refractivity contribution is -0.116. The Labute approximate surface area is 148 Å². The fraction of sp³-hybridized carbons (Fsp3) is 0.400. The summed E-state index contributed by atoms with van der Waals surface area (Å²) in [7, 11) is 0. The Kier molecular flexibility index (Phi) is 4.93. The van der Waals surface area contributed by atoms with Crippen LogP contribution in [-0.4, -0.2) is 20.7 Å². The minimum atomic E-state index is 0.0134. The molecule has 0 unspecified atom stereocenters. The molecule has 5 nitrogen and oxygen atoms in total. The summed E-state index contributed by atoms with van der Waals surface area (Å²) >= 11 is 0. The van der Waals surface area contributed by atoms with Gasteiger partial charge in [0.05, 0.1) is 11.4 Å². The maximum Gasteiger partial charge on any atom is 0.225 e. The van der Waals surface area contributed by atoms with E-state index in [4.69, 9.17) is 0 Å². The lowest BCUT2D eigenvalue weighted by atomic mass is 10.1. The molecule has 1 aromatic carbocycles. The molecule has 0 atom stereocenters. The normalized spacial score (nSPS) is 11.4. The SMILES string of the molecule is CCn1c(-c2cc(NC(=O)CCC(C)C)n[nH]2)c(C)c2ccccc21. The van der Waals surface area contributed by atoms with E-state index in [0.29, 0.717) is 18.2 Å². The van der Waals surface area contributed by atoms with Crippen LogP contribution in [0.5, 0.6) is 0 Å². The molecular formula is C20H26N4O. The van der Waals surface area contributed by atoms with Crippen LogP contribution < -0.4 is 5.32 Å². The van der Waals surface area contributed by atoms with E-state index in [2.05, 4.69) is 72.0 Å². The number of nitrogens with zero attached hydrogens (tertiary/aromatic N) is 2. The zero-order valence-electron chi connectivity index (χ0n) is 15.4. The Morgan fingerprint density at radius 1 is 1.32 bits per heavy atom. The summed E-state index contributed by atoms with van der Waals surface area (Å²) in [6, 6.07) is 10.3. The summed E-state index contributed by atoms with van der Waals surface area (Å²) in [5.41, 5.74) is 4.49. The molecule has 3 rings (SSSR count). The second kappa shape index (κ2) is 7.13. The largest absolute Gasteiger partial charge is 0.339 e. The molecule has 5 heteroatoms. The van der Waals surface area contributed by atoms with E-state index in [9.17, 15) is 4.79 Å². The van der Waals surface area contributed by atoms with Gasteiger partial charge in [-0.15, -0.1) is 0 Å². The van der Waals surface area contributed by atoms with Crippen LogP contribution in [-0.2, 0) is 11.3 Å². The molecule has 0 saturated heterocycles. The number of benzene rings is 1. The number of hydrogen-bond acceptors (Lipinski definition) is 2. The van der Waals surface area contributed by atoms with Crippen LogP contribution in [0.4, 0.5) is 5.82 Å². The van der Waals surface area contributed by atoms with E-state index in [1.165, 1.54) is 16.5 Å². The van der Waals surface area contributed by atoms with E-state index < -0.39 is 0 Å². The van der Waals surface area contributed by atoms with Crippen LogP contribution in [0.1, 0.15) is 39.2 Å². The average molecular weight is 338 g/mol. The lowest BCUT2D eigenvalue weighted by Gasteiger charge is -2.06. The third-order valence-corrected chi connectivity index (χ3v) is 4.59. The Hall–Kier alpha value is -2.56. The molecular weight excluding hydrogens is 312 g/mol. The van der Waals surface area contributed by atoms with Crippen molar-refractivity contribution >= 4 is 22.6 Å². The lowest BCUT2D eigenvalue weighted by Crippen LogP contribution is -2.12. The van der Waals surface area contributed by atoms with Crippen LogP contribution in [0, 0.1) is 12.8 Å². The third kappa shape index (κ3) is 3.45. The zero-order chi connectivity index (χ0) is 18.0. The number of anilines is 1. The summed E-state index contributed by atoms with van der Waals surface area (Å²) in [5, 5.41) is 11.5. The highest BCUT2D eigenvalue weighted by atomic mass is 16.1. The van der Waals surface area contributed by atoms with Crippen LogP contribution in [0.3, 0.4) is 0 Å². The molecule has 0 saturated carbocycles. The van der Waals surface area contributed by atoms with E-state index in [0.717, 1.165) is 24.4 Å². The van der Waals surface area contributed by atoms with Gasteiger partial charge in [0.25, 0.3) is 0 Å². The molecule has 2 N–H and O–H groups in total. The van der Waals surface area contributed by atoms with Crippen LogP contribution >= 0.6 is 0 Å². The molecule has 0 aliphatic heterocycles. The van der Waals surface area contributed by atoms with E-state index in [1.807, 2.05) is 6.07 Å². The van der Waals surface area contributed by atoms with Crippen molar-refractivity contribution in [2.75, 3.05) is 5.32 Å². The van der Waals surface area contributed by atoms with Crippen molar-refractivity contribution in [1.82, 2.24) is 14.8 Å². The minimum Gasteiger partial charge on any atom is -0.339 e. The van der Waals surface area contributed by atoms with Gasteiger partial charge in [-0.05, 0) is 37.8 Å². The van der Waals surface area contributed by atoms with E-state index >= 15 is 0 Å². The molecule has 0 bridgehead atoms. The number of aromatic nitrogens is 3. The van der Waals surface area contributed by atoms with Crippen LogP contribution in [0.15, 0.2) is 30.3 Å². The number of aromatic amines is 1. The van der Waals surface area contributed by atoms with Crippen molar-refractivity contribution in [2.45, 2.75) is 47.1 Å². The molecule has 3 aromatic rings. The van der Waals surface area contributed by atoms with Gasteiger partial charge in [0.1, 0.15) is 0 Å². The maximum absolute atomic E-state index is 12.0. The van der Waals surface area contributed by atoms with Gasteiger partial charge < -0.3 is 9.88 Å². The van der Waals surface area contributed by atoms with Gasteiger partial charge in [-0.3, -0.25) is 9.89 Å². The molecule has 1 amide bonds. The average Bonchev–Trinajstić information content (AvgIpc) is 3.15. The van der Waals surface area contributed by atoms with Gasteiger partial charge in [-0.25, -0.2) is 0 Å². The van der Waals surface area contributed by atoms with E-state index in [1.54, 1.807) is 0 Å². The highest BCUT2D eigenvalue weighted by Crippen LogP contribution is 2.33. The Morgan fingerprint density at radius 3 is 2.80 bits per heavy atom. The maximum atomic E-state index is 12.0. The summed E-state index contributed by atoms with van der Waals surface area (Å²) in [4.78, 5) is 12.0. The van der Waals surface area contributed by atoms with Gasteiger partial charge in [0.15, 0.2) is 5.82 Å². The smallest absolute Gasteiger partial charge is 0.225 e. The number of carbonyl (C=O) groups excluding carboxylic acids is 1. The first-order chi connectivity index (χ1) is 12.0. The zero-order valence-corrected chi connectivity index (χ0v) is 15.4. The molecule has 0 aliphatic rings. The number of nitrogens with one attached hydrogen (secondary N) is 2. The summed E-state index contributed by atoms with van der Waals surface area (Å²) in [6.07, 6.45) is 1.40.